The van der Waals surface area contributed by atoms with Crippen LogP contribution in [0, 0.1) is 6.92 Å². The molecule has 0 spiro atoms. The standard InChI is InChI=1S/C13H15N3O2S/c1-3-16-8-13(18-15-16)14-12(17)9-19-11-6-4-10(2)5-7-11/h4-8H,3,9H2,1-2H3/p+1. The second-order valence-electron chi connectivity index (χ2n) is 4.07. The van der Waals surface area contributed by atoms with Crippen molar-refractivity contribution < 1.29 is 14.0 Å². The largest absolute Gasteiger partial charge is 0.302 e. The Morgan fingerprint density at radius 2 is 2.16 bits per heavy atom. The lowest BCUT2D eigenvalue weighted by molar-refractivity contribution is -0.759. The number of nitrogens with one attached hydrogen (secondary N) is 1. The van der Waals surface area contributed by atoms with E-state index in [0.29, 0.717) is 18.2 Å². The van der Waals surface area contributed by atoms with Gasteiger partial charge in [0, 0.05) is 4.90 Å². The van der Waals surface area contributed by atoms with Gasteiger partial charge in [-0.15, -0.1) is 11.8 Å². The zero-order valence-corrected chi connectivity index (χ0v) is 11.7. The van der Waals surface area contributed by atoms with Gasteiger partial charge < -0.3 is 0 Å². The molecule has 1 amide bonds. The number of anilines is 1. The minimum absolute atomic E-state index is 0.107. The van der Waals surface area contributed by atoms with Crippen molar-refractivity contribution in [2.45, 2.75) is 25.3 Å². The van der Waals surface area contributed by atoms with Gasteiger partial charge in [0.25, 0.3) is 6.20 Å². The van der Waals surface area contributed by atoms with E-state index in [0.717, 1.165) is 4.90 Å². The first-order valence-corrected chi connectivity index (χ1v) is 7.01. The normalized spacial score (nSPS) is 10.4. The molecule has 100 valence electrons. The van der Waals surface area contributed by atoms with Crippen molar-refractivity contribution in [2.24, 2.45) is 0 Å². The van der Waals surface area contributed by atoms with Gasteiger partial charge in [-0.2, -0.15) is 0 Å². The number of rotatable bonds is 5. The average molecular weight is 278 g/mol. The van der Waals surface area contributed by atoms with Crippen molar-refractivity contribution >= 4 is 23.6 Å². The highest BCUT2D eigenvalue weighted by molar-refractivity contribution is 8.00. The highest BCUT2D eigenvalue weighted by Gasteiger charge is 2.12. The molecule has 1 N–H and O–H groups in total. The van der Waals surface area contributed by atoms with Crippen LogP contribution in [0.1, 0.15) is 12.5 Å². The molecule has 5 nitrogen and oxygen atoms in total. The lowest BCUT2D eigenvalue weighted by atomic mass is 10.2. The first kappa shape index (κ1) is 13.6. The van der Waals surface area contributed by atoms with Gasteiger partial charge in [0.15, 0.2) is 6.54 Å². The molecule has 19 heavy (non-hydrogen) atoms. The van der Waals surface area contributed by atoms with Crippen LogP contribution in [0.25, 0.3) is 0 Å². The average Bonchev–Trinajstić information content (AvgIpc) is 2.86. The molecule has 6 heteroatoms. The van der Waals surface area contributed by atoms with Crippen LogP contribution in [0.2, 0.25) is 0 Å². The minimum Gasteiger partial charge on any atom is -0.288 e. The maximum atomic E-state index is 11.7. The van der Waals surface area contributed by atoms with Crippen LogP contribution in [0.15, 0.2) is 39.9 Å². The summed E-state index contributed by atoms with van der Waals surface area (Å²) in [7, 11) is 0. The number of hydrogen-bond acceptors (Lipinski definition) is 4. The van der Waals surface area contributed by atoms with Crippen molar-refractivity contribution in [1.29, 1.82) is 0 Å². The number of carbonyl (C=O) groups is 1. The highest BCUT2D eigenvalue weighted by atomic mass is 32.2. The van der Waals surface area contributed by atoms with E-state index in [2.05, 4.69) is 10.6 Å². The van der Waals surface area contributed by atoms with Gasteiger partial charge in [-0.3, -0.25) is 14.6 Å². The molecule has 1 aromatic heterocycles. The van der Waals surface area contributed by atoms with Crippen LogP contribution in [0.3, 0.4) is 0 Å². The predicted octanol–water partition coefficient (Wildman–Crippen LogP) is 2.02. The zero-order valence-electron chi connectivity index (χ0n) is 10.9. The maximum absolute atomic E-state index is 11.7. The molecular formula is C13H16N3O2S+. The fourth-order valence-corrected chi connectivity index (χ4v) is 2.14. The van der Waals surface area contributed by atoms with Gasteiger partial charge in [0.1, 0.15) is 0 Å². The van der Waals surface area contributed by atoms with Crippen LogP contribution in [-0.2, 0) is 11.3 Å². The third-order valence-corrected chi connectivity index (χ3v) is 3.50. The van der Waals surface area contributed by atoms with Crippen molar-refractivity contribution in [1.82, 2.24) is 5.27 Å². The third-order valence-electron chi connectivity index (χ3n) is 2.49. The Balaban J connectivity index is 1.82. The number of carbonyl (C=O) groups excluding carboxylic acids is 1. The summed E-state index contributed by atoms with van der Waals surface area (Å²) in [5.74, 6) is 0.608. The summed E-state index contributed by atoms with van der Waals surface area (Å²) in [6.45, 7) is 4.69. The van der Waals surface area contributed by atoms with E-state index in [9.17, 15) is 4.79 Å². The van der Waals surface area contributed by atoms with Crippen molar-refractivity contribution in [3.63, 3.8) is 0 Å². The summed E-state index contributed by atoms with van der Waals surface area (Å²) in [6.07, 6.45) is 1.66. The topological polar surface area (TPSA) is 59.0 Å². The Hall–Kier alpha value is -1.82. The smallest absolute Gasteiger partial charge is 0.288 e. The number of hydrogen-bond donors (Lipinski definition) is 1. The first-order valence-electron chi connectivity index (χ1n) is 6.03. The van der Waals surface area contributed by atoms with E-state index in [1.165, 1.54) is 17.3 Å². The van der Waals surface area contributed by atoms with E-state index in [1.807, 2.05) is 38.1 Å². The van der Waals surface area contributed by atoms with Gasteiger partial charge in [-0.25, -0.2) is 0 Å². The lowest BCUT2D eigenvalue weighted by Crippen LogP contribution is -2.32. The van der Waals surface area contributed by atoms with Crippen LogP contribution < -0.4 is 10.00 Å². The molecule has 0 atom stereocenters. The SMILES string of the molecule is CC[n+]1cc(NC(=O)CSc2ccc(C)cc2)on1. The van der Waals surface area contributed by atoms with Gasteiger partial charge in [-0.1, -0.05) is 22.4 Å². The predicted molar refractivity (Wildman–Crippen MR) is 72.9 cm³/mol. The number of nitrogens with zero attached hydrogens (tertiary/aromatic N) is 2. The quantitative estimate of drug-likeness (QED) is 0.671. The second kappa shape index (κ2) is 6.38. The highest BCUT2D eigenvalue weighted by Crippen LogP contribution is 2.18. The molecule has 0 radical (unpaired) electrons. The molecule has 0 saturated heterocycles. The summed E-state index contributed by atoms with van der Waals surface area (Å²) in [4.78, 5) is 12.8. The lowest BCUT2D eigenvalue weighted by Gasteiger charge is -2.01. The Morgan fingerprint density at radius 3 is 2.79 bits per heavy atom. The molecule has 0 bridgehead atoms. The fourth-order valence-electron chi connectivity index (χ4n) is 1.44. The Bertz CT molecular complexity index is 551. The van der Waals surface area contributed by atoms with E-state index < -0.39 is 0 Å². The van der Waals surface area contributed by atoms with Crippen molar-refractivity contribution in [3.8, 4) is 0 Å². The number of aromatic nitrogens is 2. The van der Waals surface area contributed by atoms with Crippen molar-refractivity contribution in [2.75, 3.05) is 11.1 Å². The molecule has 1 heterocycles. The number of thioether (sulfide) groups is 1. The van der Waals surface area contributed by atoms with E-state index >= 15 is 0 Å². The zero-order chi connectivity index (χ0) is 13.7. The summed E-state index contributed by atoms with van der Waals surface area (Å²) >= 11 is 1.49. The summed E-state index contributed by atoms with van der Waals surface area (Å²) in [5.41, 5.74) is 1.21. The van der Waals surface area contributed by atoms with Crippen molar-refractivity contribution in [3.05, 3.63) is 36.0 Å². The van der Waals surface area contributed by atoms with Gasteiger partial charge in [0.05, 0.1) is 5.75 Å². The fraction of sp³-hybridized carbons (Fsp3) is 0.308. The molecular weight excluding hydrogens is 262 g/mol. The minimum atomic E-state index is -0.107. The monoisotopic (exact) mass is 278 g/mol. The van der Waals surface area contributed by atoms with Crippen LogP contribution in [-0.4, -0.2) is 16.9 Å². The van der Waals surface area contributed by atoms with E-state index in [4.69, 9.17) is 4.52 Å². The molecule has 0 saturated carbocycles. The molecule has 0 aliphatic rings. The van der Waals surface area contributed by atoms with Crippen LogP contribution in [0.4, 0.5) is 5.88 Å². The molecule has 2 aromatic rings. The number of benzene rings is 1. The Kier molecular flexibility index (Phi) is 4.57. The first-order chi connectivity index (χ1) is 9.17. The summed E-state index contributed by atoms with van der Waals surface area (Å²) < 4.78 is 6.58. The number of aryl methyl sites for hydroxylation is 2. The number of amides is 1. The second-order valence-corrected chi connectivity index (χ2v) is 5.12. The van der Waals surface area contributed by atoms with Crippen LogP contribution >= 0.6 is 11.8 Å². The maximum Gasteiger partial charge on any atom is 0.302 e. The van der Waals surface area contributed by atoms with E-state index in [-0.39, 0.29) is 5.91 Å². The Labute approximate surface area is 116 Å². The third kappa shape index (κ3) is 4.10. The van der Waals surface area contributed by atoms with Crippen LogP contribution in [0.5, 0.6) is 0 Å². The molecule has 2 rings (SSSR count). The molecule has 0 aliphatic heterocycles. The van der Waals surface area contributed by atoms with Gasteiger partial charge in [0.2, 0.25) is 11.2 Å². The molecule has 0 fully saturated rings. The molecule has 1 aromatic carbocycles. The van der Waals surface area contributed by atoms with E-state index in [1.54, 1.807) is 10.9 Å². The Morgan fingerprint density at radius 1 is 1.42 bits per heavy atom. The van der Waals surface area contributed by atoms with Gasteiger partial charge >= 0.3 is 5.88 Å². The molecule has 0 aliphatic carbocycles. The molecule has 0 unspecified atom stereocenters. The summed E-state index contributed by atoms with van der Waals surface area (Å²) in [6, 6.07) is 8.07. The van der Waals surface area contributed by atoms with Gasteiger partial charge in [-0.05, 0) is 26.0 Å². The summed E-state index contributed by atoms with van der Waals surface area (Å²) in [5, 5.41) is 6.40.